The minimum Gasteiger partial charge on any atom is -0.494 e. The Kier molecular flexibility index (Phi) is 31.4. The summed E-state index contributed by atoms with van der Waals surface area (Å²) in [6.07, 6.45) is 41.8. The summed E-state index contributed by atoms with van der Waals surface area (Å²) in [7, 11) is 0. The van der Waals surface area contributed by atoms with Crippen molar-refractivity contribution in [2.75, 3.05) is 13.2 Å². The lowest BCUT2D eigenvalue weighted by Crippen LogP contribution is -1.99. The molecule has 0 bridgehead atoms. The third-order valence-corrected chi connectivity index (χ3v) is 10.1. The Bertz CT molecular complexity index is 652. The van der Waals surface area contributed by atoms with Gasteiger partial charge in [-0.15, -0.1) is 0 Å². The summed E-state index contributed by atoms with van der Waals surface area (Å²) in [5.74, 6) is 3.83. The van der Waals surface area contributed by atoms with Gasteiger partial charge in [-0.1, -0.05) is 207 Å². The monoisotopic (exact) mass is 643 g/mol. The third-order valence-electron chi connectivity index (χ3n) is 10.1. The summed E-state index contributed by atoms with van der Waals surface area (Å²) in [6, 6.07) is 8.26. The zero-order valence-corrected chi connectivity index (χ0v) is 31.9. The Balaban J connectivity index is 1.83. The lowest BCUT2D eigenvalue weighted by Gasteiger charge is -2.10. The van der Waals surface area contributed by atoms with Gasteiger partial charge in [0.25, 0.3) is 0 Å². The van der Waals surface area contributed by atoms with Crippen molar-refractivity contribution < 1.29 is 9.47 Å². The fourth-order valence-electron chi connectivity index (χ4n) is 6.80. The van der Waals surface area contributed by atoms with Gasteiger partial charge in [-0.3, -0.25) is 0 Å². The molecule has 0 amide bonds. The van der Waals surface area contributed by atoms with Gasteiger partial charge in [-0.05, 0) is 48.9 Å². The maximum atomic E-state index is 5.97. The van der Waals surface area contributed by atoms with Gasteiger partial charge >= 0.3 is 0 Å². The minimum atomic E-state index is 0.829. The van der Waals surface area contributed by atoms with E-state index in [0.29, 0.717) is 0 Å². The van der Waals surface area contributed by atoms with Gasteiger partial charge in [0.15, 0.2) is 0 Å². The molecule has 2 nitrogen and oxygen atoms in total. The predicted molar refractivity (Wildman–Crippen MR) is 206 cm³/mol. The summed E-state index contributed by atoms with van der Waals surface area (Å²) in [5, 5.41) is 0. The average Bonchev–Trinajstić information content (AvgIpc) is 3.06. The highest BCUT2D eigenvalue weighted by Gasteiger charge is 2.03. The molecule has 1 rings (SSSR count). The van der Waals surface area contributed by atoms with E-state index in [9.17, 15) is 0 Å². The van der Waals surface area contributed by atoms with Crippen LogP contribution in [0, 0.1) is 11.8 Å². The van der Waals surface area contributed by atoms with Crippen LogP contribution in [-0.4, -0.2) is 13.2 Å². The van der Waals surface area contributed by atoms with Crippen molar-refractivity contribution in [1.82, 2.24) is 0 Å². The molecular weight excluding hydrogens is 560 g/mol. The van der Waals surface area contributed by atoms with Crippen LogP contribution in [0.4, 0.5) is 0 Å². The molecule has 0 aliphatic rings. The van der Waals surface area contributed by atoms with Gasteiger partial charge in [0.2, 0.25) is 0 Å². The number of ether oxygens (including phenoxy) is 2. The van der Waals surface area contributed by atoms with Crippen LogP contribution in [0.1, 0.15) is 220 Å². The van der Waals surface area contributed by atoms with Crippen molar-refractivity contribution in [3.8, 4) is 11.5 Å². The van der Waals surface area contributed by atoms with E-state index in [1.807, 2.05) is 0 Å². The van der Waals surface area contributed by atoms with E-state index in [2.05, 4.69) is 52.0 Å². The molecule has 1 aromatic rings. The summed E-state index contributed by atoms with van der Waals surface area (Å²) in [5.41, 5.74) is 0. The molecule has 2 heteroatoms. The highest BCUT2D eigenvalue weighted by Crippen LogP contribution is 2.21. The van der Waals surface area contributed by atoms with Gasteiger partial charge < -0.3 is 9.47 Å². The van der Waals surface area contributed by atoms with Crippen molar-refractivity contribution in [1.29, 1.82) is 0 Å². The van der Waals surface area contributed by atoms with E-state index in [0.717, 1.165) is 49.4 Å². The molecule has 0 radical (unpaired) electrons. The summed E-state index contributed by atoms with van der Waals surface area (Å²) in [6.45, 7) is 11.2. The second-order valence-electron chi connectivity index (χ2n) is 15.0. The molecule has 0 aliphatic heterocycles. The summed E-state index contributed by atoms with van der Waals surface area (Å²) in [4.78, 5) is 0. The zero-order valence-electron chi connectivity index (χ0n) is 31.9. The Labute approximate surface area is 290 Å². The van der Waals surface area contributed by atoms with E-state index in [1.165, 1.54) is 180 Å². The highest BCUT2D eigenvalue weighted by atomic mass is 16.5. The minimum absolute atomic E-state index is 0.829. The fourth-order valence-corrected chi connectivity index (χ4v) is 6.80. The number of rotatable bonds is 36. The van der Waals surface area contributed by atoms with Crippen molar-refractivity contribution in [3.05, 3.63) is 24.3 Å². The number of benzene rings is 1. The molecular formula is C44H82O2. The van der Waals surface area contributed by atoms with Crippen molar-refractivity contribution in [2.24, 2.45) is 11.8 Å². The lowest BCUT2D eigenvalue weighted by molar-refractivity contribution is 0.296. The van der Waals surface area contributed by atoms with Crippen LogP contribution in [0.25, 0.3) is 0 Å². The van der Waals surface area contributed by atoms with E-state index in [1.54, 1.807) is 0 Å². The topological polar surface area (TPSA) is 18.5 Å². The maximum absolute atomic E-state index is 5.97. The molecule has 0 aliphatic carbocycles. The van der Waals surface area contributed by atoms with Crippen molar-refractivity contribution in [2.45, 2.75) is 220 Å². The maximum Gasteiger partial charge on any atom is 0.119 e. The van der Waals surface area contributed by atoms with E-state index < -0.39 is 0 Å². The van der Waals surface area contributed by atoms with Crippen LogP contribution in [0.15, 0.2) is 24.3 Å². The Hall–Kier alpha value is -1.18. The van der Waals surface area contributed by atoms with Crippen molar-refractivity contribution in [3.63, 3.8) is 0 Å². The van der Waals surface area contributed by atoms with Crippen LogP contribution in [0.5, 0.6) is 11.5 Å². The van der Waals surface area contributed by atoms with Gasteiger partial charge in [0, 0.05) is 0 Å². The van der Waals surface area contributed by atoms with E-state index in [-0.39, 0.29) is 0 Å². The van der Waals surface area contributed by atoms with E-state index >= 15 is 0 Å². The smallest absolute Gasteiger partial charge is 0.119 e. The third kappa shape index (κ3) is 29.0. The first-order valence-electron chi connectivity index (χ1n) is 21.0. The first-order valence-corrected chi connectivity index (χ1v) is 21.0. The van der Waals surface area contributed by atoms with Crippen LogP contribution < -0.4 is 9.47 Å². The van der Waals surface area contributed by atoms with Crippen molar-refractivity contribution >= 4 is 0 Å². The first-order chi connectivity index (χ1) is 22.7. The normalized spacial score (nSPS) is 12.8. The van der Waals surface area contributed by atoms with Crippen LogP contribution in [-0.2, 0) is 0 Å². The fraction of sp³-hybridized carbons (Fsp3) is 0.864. The highest BCUT2D eigenvalue weighted by molar-refractivity contribution is 5.31. The molecule has 46 heavy (non-hydrogen) atoms. The number of hydrogen-bond acceptors (Lipinski definition) is 2. The molecule has 0 saturated carbocycles. The number of unbranched alkanes of at least 4 members (excludes halogenated alkanes) is 22. The average molecular weight is 643 g/mol. The first kappa shape index (κ1) is 42.8. The van der Waals surface area contributed by atoms with Crippen LogP contribution in [0.2, 0.25) is 0 Å². The van der Waals surface area contributed by atoms with Crippen LogP contribution >= 0.6 is 0 Å². The second kappa shape index (κ2) is 33.7. The molecule has 2 atom stereocenters. The summed E-state index contributed by atoms with van der Waals surface area (Å²) >= 11 is 0. The second-order valence-corrected chi connectivity index (χ2v) is 15.0. The van der Waals surface area contributed by atoms with Gasteiger partial charge in [0.1, 0.15) is 11.5 Å². The Morgan fingerprint density at radius 3 is 0.870 bits per heavy atom. The van der Waals surface area contributed by atoms with E-state index in [4.69, 9.17) is 9.47 Å². The lowest BCUT2D eigenvalue weighted by atomic mass is 9.96. The molecule has 0 spiro atoms. The molecule has 0 fully saturated rings. The SMILES string of the molecule is CCCCCC(C)CCCCCCCCCCCCOc1ccc(OCCCCCCCCCCCCC(C)CCCCC)cc1. The van der Waals surface area contributed by atoms with Gasteiger partial charge in [-0.2, -0.15) is 0 Å². The molecule has 0 aromatic heterocycles. The Morgan fingerprint density at radius 2 is 0.587 bits per heavy atom. The molecule has 2 unspecified atom stereocenters. The molecule has 0 saturated heterocycles. The largest absolute Gasteiger partial charge is 0.494 e. The molecule has 0 N–H and O–H groups in total. The van der Waals surface area contributed by atoms with Gasteiger partial charge in [-0.25, -0.2) is 0 Å². The molecule has 270 valence electrons. The quantitative estimate of drug-likeness (QED) is 0.0678. The van der Waals surface area contributed by atoms with Gasteiger partial charge in [0.05, 0.1) is 13.2 Å². The Morgan fingerprint density at radius 1 is 0.348 bits per heavy atom. The molecule has 0 heterocycles. The summed E-state index contributed by atoms with van der Waals surface area (Å²) < 4.78 is 11.9. The van der Waals surface area contributed by atoms with Crippen LogP contribution in [0.3, 0.4) is 0 Å². The standard InChI is InChI=1S/C44H82O2/c1-5-7-25-31-41(3)33-27-21-17-13-9-11-15-19-23-29-39-45-43-35-37-44(38-36-43)46-40-30-24-20-16-12-10-14-18-22-28-34-42(4)32-26-8-6-2/h35-38,41-42H,5-34,39-40H2,1-4H3. The predicted octanol–water partition coefficient (Wildman–Crippen LogP) is 15.5. The number of hydrogen-bond donors (Lipinski definition) is 0. The molecule has 1 aromatic carbocycles. The zero-order chi connectivity index (χ0) is 33.2.